The van der Waals surface area contributed by atoms with Gasteiger partial charge in [0.25, 0.3) is 10.9 Å². The van der Waals surface area contributed by atoms with Crippen LogP contribution in [0.3, 0.4) is 0 Å². The molecular formula is C15H19NO4. The zero-order chi connectivity index (χ0) is 14.9. The van der Waals surface area contributed by atoms with E-state index in [2.05, 4.69) is 5.32 Å². The van der Waals surface area contributed by atoms with Crippen molar-refractivity contribution in [3.8, 4) is 5.75 Å². The molecule has 5 nitrogen and oxygen atoms in total. The molecule has 0 aliphatic heterocycles. The summed E-state index contributed by atoms with van der Waals surface area (Å²) in [6.45, 7) is 8.02. The van der Waals surface area contributed by atoms with E-state index in [-0.39, 0.29) is 23.4 Å². The summed E-state index contributed by atoms with van der Waals surface area (Å²) in [5.41, 5.74) is -0.834. The van der Waals surface area contributed by atoms with E-state index in [9.17, 15) is 9.59 Å². The van der Waals surface area contributed by atoms with E-state index >= 15 is 0 Å². The van der Waals surface area contributed by atoms with Gasteiger partial charge in [-0.3, -0.25) is 9.59 Å². The van der Waals surface area contributed by atoms with Gasteiger partial charge in [-0.05, 0) is 31.9 Å². The van der Waals surface area contributed by atoms with Gasteiger partial charge in [-0.15, -0.1) is 0 Å². The van der Waals surface area contributed by atoms with Crippen LogP contribution in [-0.4, -0.2) is 6.61 Å². The predicted molar refractivity (Wildman–Crippen MR) is 77.2 cm³/mol. The Balaban J connectivity index is 2.28. The molecule has 0 bridgehead atoms. The van der Waals surface area contributed by atoms with Gasteiger partial charge in [0.1, 0.15) is 17.2 Å². The first-order valence-electron chi connectivity index (χ1n) is 6.74. The third-order valence-corrected chi connectivity index (χ3v) is 3.19. The lowest BCUT2D eigenvalue weighted by Gasteiger charge is -2.23. The smallest absolute Gasteiger partial charge is 0.272 e. The number of aryl methyl sites for hydroxylation is 1. The molecule has 108 valence electrons. The molecule has 0 saturated heterocycles. The van der Waals surface area contributed by atoms with Crippen molar-refractivity contribution < 1.29 is 9.15 Å². The van der Waals surface area contributed by atoms with Crippen LogP contribution in [0.1, 0.15) is 38.3 Å². The van der Waals surface area contributed by atoms with Crippen molar-refractivity contribution in [2.75, 3.05) is 11.9 Å². The molecule has 2 aromatic rings. The molecule has 20 heavy (non-hydrogen) atoms. The van der Waals surface area contributed by atoms with Gasteiger partial charge in [-0.25, -0.2) is 0 Å². The molecule has 1 aromatic heterocycles. The minimum absolute atomic E-state index is 0.131. The molecule has 5 heteroatoms. The Morgan fingerprint density at radius 2 is 1.95 bits per heavy atom. The van der Waals surface area contributed by atoms with Gasteiger partial charge in [0.2, 0.25) is 0 Å². The molecule has 0 aliphatic rings. The first-order valence-corrected chi connectivity index (χ1v) is 6.74. The SMILES string of the molecule is CCOc1c(N[C@@H](c2ccc(C)o2)C(C)C)c(=O)c1=O. The Morgan fingerprint density at radius 1 is 1.25 bits per heavy atom. The summed E-state index contributed by atoms with van der Waals surface area (Å²) in [4.78, 5) is 23.1. The summed E-state index contributed by atoms with van der Waals surface area (Å²) in [6, 6.07) is 3.57. The Morgan fingerprint density at radius 3 is 2.45 bits per heavy atom. The molecule has 1 atom stereocenters. The van der Waals surface area contributed by atoms with E-state index < -0.39 is 10.9 Å². The standard InChI is InChI=1S/C15H19NO4/c1-5-19-15-12(13(17)14(15)18)16-11(8(2)3)10-7-6-9(4)20-10/h6-8,11,16H,5H2,1-4H3/t11-/m1/s1. The molecule has 1 aromatic carbocycles. The zero-order valence-electron chi connectivity index (χ0n) is 12.1. The Labute approximate surface area is 117 Å². The third kappa shape index (κ3) is 2.48. The normalized spacial score (nSPS) is 12.8. The van der Waals surface area contributed by atoms with Crippen molar-refractivity contribution in [3.63, 3.8) is 0 Å². The fourth-order valence-corrected chi connectivity index (χ4v) is 2.13. The van der Waals surface area contributed by atoms with Crippen LogP contribution in [-0.2, 0) is 0 Å². The lowest BCUT2D eigenvalue weighted by molar-refractivity contribution is 0.333. The monoisotopic (exact) mass is 277 g/mol. The van der Waals surface area contributed by atoms with Gasteiger partial charge >= 0.3 is 0 Å². The maximum Gasteiger partial charge on any atom is 0.272 e. The van der Waals surface area contributed by atoms with Crippen LogP contribution in [0, 0.1) is 12.8 Å². The second-order valence-electron chi connectivity index (χ2n) is 5.11. The first-order chi connectivity index (χ1) is 9.45. The molecule has 0 radical (unpaired) electrons. The highest BCUT2D eigenvalue weighted by Crippen LogP contribution is 2.30. The maximum absolute atomic E-state index is 11.7. The van der Waals surface area contributed by atoms with Gasteiger partial charge in [-0.1, -0.05) is 13.8 Å². The number of nitrogens with one attached hydrogen (secondary N) is 1. The summed E-state index contributed by atoms with van der Waals surface area (Å²) >= 11 is 0. The highest BCUT2D eigenvalue weighted by Gasteiger charge is 2.27. The number of hydrogen-bond donors (Lipinski definition) is 1. The van der Waals surface area contributed by atoms with Crippen LogP contribution in [0.25, 0.3) is 0 Å². The average Bonchev–Trinajstić information content (AvgIpc) is 2.83. The lowest BCUT2D eigenvalue weighted by atomic mass is 10.0. The quantitative estimate of drug-likeness (QED) is 0.821. The molecule has 2 rings (SSSR count). The number of ether oxygens (including phenoxy) is 1. The van der Waals surface area contributed by atoms with Crippen molar-refractivity contribution in [1.82, 2.24) is 0 Å². The zero-order valence-corrected chi connectivity index (χ0v) is 12.1. The Kier molecular flexibility index (Phi) is 3.97. The van der Waals surface area contributed by atoms with Gasteiger partial charge in [0, 0.05) is 0 Å². The van der Waals surface area contributed by atoms with E-state index in [0.29, 0.717) is 6.61 Å². The molecule has 0 fully saturated rings. The van der Waals surface area contributed by atoms with Crippen LogP contribution in [0.2, 0.25) is 0 Å². The first kappa shape index (κ1) is 14.4. The Hall–Kier alpha value is -2.04. The molecule has 0 spiro atoms. The number of rotatable bonds is 6. The van der Waals surface area contributed by atoms with Crippen LogP contribution < -0.4 is 20.9 Å². The van der Waals surface area contributed by atoms with Crippen molar-refractivity contribution in [1.29, 1.82) is 0 Å². The lowest BCUT2D eigenvalue weighted by Crippen LogP contribution is -2.37. The summed E-state index contributed by atoms with van der Waals surface area (Å²) in [5.74, 6) is 1.88. The van der Waals surface area contributed by atoms with Gasteiger partial charge in [0.05, 0.1) is 12.6 Å². The van der Waals surface area contributed by atoms with E-state index in [0.717, 1.165) is 11.5 Å². The highest BCUT2D eigenvalue weighted by atomic mass is 16.5. The second-order valence-corrected chi connectivity index (χ2v) is 5.11. The van der Waals surface area contributed by atoms with Crippen LogP contribution in [0.4, 0.5) is 5.69 Å². The van der Waals surface area contributed by atoms with E-state index in [1.165, 1.54) is 0 Å². The highest BCUT2D eigenvalue weighted by molar-refractivity contribution is 5.62. The van der Waals surface area contributed by atoms with Gasteiger partial charge in [-0.2, -0.15) is 0 Å². The largest absolute Gasteiger partial charge is 0.488 e. The number of furan rings is 1. The second kappa shape index (κ2) is 5.53. The van der Waals surface area contributed by atoms with Crippen molar-refractivity contribution >= 4 is 5.69 Å². The fraction of sp³-hybridized carbons (Fsp3) is 0.467. The summed E-state index contributed by atoms with van der Waals surface area (Å²) in [5, 5.41) is 3.09. The van der Waals surface area contributed by atoms with Crippen LogP contribution >= 0.6 is 0 Å². The Bertz CT molecular complexity index is 662. The molecule has 1 N–H and O–H groups in total. The molecule has 0 unspecified atom stereocenters. The predicted octanol–water partition coefficient (Wildman–Crippen LogP) is 2.39. The van der Waals surface area contributed by atoms with Crippen LogP contribution in [0.5, 0.6) is 5.75 Å². The van der Waals surface area contributed by atoms with E-state index in [1.54, 1.807) is 6.92 Å². The van der Waals surface area contributed by atoms with Crippen molar-refractivity contribution in [2.24, 2.45) is 5.92 Å². The van der Waals surface area contributed by atoms with Crippen molar-refractivity contribution in [2.45, 2.75) is 33.7 Å². The number of hydrogen-bond acceptors (Lipinski definition) is 5. The van der Waals surface area contributed by atoms with Gasteiger partial charge in [0.15, 0.2) is 5.75 Å². The minimum Gasteiger partial charge on any atom is -0.488 e. The fourth-order valence-electron chi connectivity index (χ4n) is 2.13. The molecule has 0 aliphatic carbocycles. The third-order valence-electron chi connectivity index (χ3n) is 3.19. The number of anilines is 1. The topological polar surface area (TPSA) is 68.5 Å². The maximum atomic E-state index is 11.7. The molecule has 0 saturated carbocycles. The van der Waals surface area contributed by atoms with E-state index in [4.69, 9.17) is 9.15 Å². The van der Waals surface area contributed by atoms with Crippen molar-refractivity contribution in [3.05, 3.63) is 44.1 Å². The average molecular weight is 277 g/mol. The van der Waals surface area contributed by atoms with E-state index in [1.807, 2.05) is 32.9 Å². The summed E-state index contributed by atoms with van der Waals surface area (Å²) in [7, 11) is 0. The molecule has 0 amide bonds. The summed E-state index contributed by atoms with van der Waals surface area (Å²) in [6.07, 6.45) is 0. The summed E-state index contributed by atoms with van der Waals surface area (Å²) < 4.78 is 10.8. The minimum atomic E-state index is -0.563. The molecular weight excluding hydrogens is 258 g/mol. The molecule has 1 heterocycles. The van der Waals surface area contributed by atoms with Gasteiger partial charge < -0.3 is 14.5 Å². The van der Waals surface area contributed by atoms with Crippen LogP contribution in [0.15, 0.2) is 26.1 Å².